The van der Waals surface area contributed by atoms with Gasteiger partial charge in [0.25, 0.3) is 0 Å². The zero-order chi connectivity index (χ0) is 15.4. The van der Waals surface area contributed by atoms with Crippen LogP contribution < -0.4 is 5.32 Å². The molecule has 0 unspecified atom stereocenters. The molecule has 1 atom stereocenters. The van der Waals surface area contributed by atoms with Gasteiger partial charge in [-0.25, -0.2) is 0 Å². The van der Waals surface area contributed by atoms with E-state index in [1.54, 1.807) is 6.26 Å². The molecule has 2 N–H and O–H groups in total. The third kappa shape index (κ3) is 6.28. The Hall–Kier alpha value is -1.23. The minimum atomic E-state index is -0.459. The number of rotatable bonds is 6. The zero-order valence-electron chi connectivity index (χ0n) is 13.2. The summed E-state index contributed by atoms with van der Waals surface area (Å²) in [7, 11) is 0. The van der Waals surface area contributed by atoms with Crippen LogP contribution in [0.4, 0.5) is 0 Å². The molecule has 5 heteroatoms. The Balaban J connectivity index is 2.35. The van der Waals surface area contributed by atoms with Crippen molar-refractivity contribution in [3.8, 4) is 0 Å². The van der Waals surface area contributed by atoms with Crippen molar-refractivity contribution >= 4 is 5.97 Å². The molecule has 0 radical (unpaired) electrons. The van der Waals surface area contributed by atoms with Gasteiger partial charge < -0.3 is 19.9 Å². The predicted octanol–water partition coefficient (Wildman–Crippen LogP) is 2.30. The maximum Gasteiger partial charge on any atom is 0.306 e. The van der Waals surface area contributed by atoms with Crippen LogP contribution in [-0.4, -0.2) is 29.0 Å². The monoisotopic (exact) mass is 285 g/mol. The summed E-state index contributed by atoms with van der Waals surface area (Å²) in [5.41, 5.74) is 0.109. The van der Waals surface area contributed by atoms with E-state index in [0.717, 1.165) is 5.70 Å². The number of hydrogen-bond acceptors (Lipinski definition) is 5. The number of esters is 1. The van der Waals surface area contributed by atoms with Gasteiger partial charge >= 0.3 is 5.97 Å². The van der Waals surface area contributed by atoms with Crippen LogP contribution in [0.15, 0.2) is 12.0 Å². The van der Waals surface area contributed by atoms with Gasteiger partial charge in [0.05, 0.1) is 0 Å². The second-order valence-corrected chi connectivity index (χ2v) is 6.77. The Morgan fingerprint density at radius 3 is 2.60 bits per heavy atom. The molecule has 0 saturated heterocycles. The standard InChI is InChI=1S/C15H27NO4/c1-14(2,3)20-13(18)7-6-11(9-17)8-12-10-19-15(4,5)16-12/h10-11,16-17H,6-9H2,1-5H3/t11-/m1/s1. The molecule has 0 amide bonds. The highest BCUT2D eigenvalue weighted by atomic mass is 16.6. The van der Waals surface area contributed by atoms with E-state index < -0.39 is 5.60 Å². The lowest BCUT2D eigenvalue weighted by atomic mass is 9.98. The van der Waals surface area contributed by atoms with Crippen LogP contribution in [0.25, 0.3) is 0 Å². The van der Waals surface area contributed by atoms with E-state index in [9.17, 15) is 9.90 Å². The molecule has 0 aliphatic carbocycles. The van der Waals surface area contributed by atoms with Crippen molar-refractivity contribution in [2.45, 2.75) is 65.2 Å². The third-order valence-corrected chi connectivity index (χ3v) is 2.90. The number of ether oxygens (including phenoxy) is 2. The lowest BCUT2D eigenvalue weighted by molar-refractivity contribution is -0.155. The van der Waals surface area contributed by atoms with Gasteiger partial charge in [-0.05, 0) is 53.4 Å². The highest BCUT2D eigenvalue weighted by molar-refractivity contribution is 5.69. The first-order valence-electron chi connectivity index (χ1n) is 7.09. The SMILES string of the molecule is CC(C)(C)OC(=O)CC[C@@H](CO)CC1=COC(C)(C)N1. The average molecular weight is 285 g/mol. The molecule has 0 fully saturated rings. The highest BCUT2D eigenvalue weighted by Crippen LogP contribution is 2.23. The van der Waals surface area contributed by atoms with Crippen LogP contribution in [-0.2, 0) is 14.3 Å². The molecular formula is C15H27NO4. The van der Waals surface area contributed by atoms with E-state index in [1.165, 1.54) is 0 Å². The van der Waals surface area contributed by atoms with Crippen molar-refractivity contribution in [3.63, 3.8) is 0 Å². The summed E-state index contributed by atoms with van der Waals surface area (Å²) in [4.78, 5) is 11.7. The molecule has 0 spiro atoms. The summed E-state index contributed by atoms with van der Waals surface area (Å²) in [6.45, 7) is 9.46. The Morgan fingerprint density at radius 2 is 2.15 bits per heavy atom. The first-order chi connectivity index (χ1) is 9.11. The molecule has 0 aromatic carbocycles. The maximum absolute atomic E-state index is 11.7. The van der Waals surface area contributed by atoms with Crippen LogP contribution in [0.1, 0.15) is 53.9 Å². The van der Waals surface area contributed by atoms with Gasteiger partial charge in [-0.15, -0.1) is 0 Å². The van der Waals surface area contributed by atoms with Crippen LogP contribution in [0.5, 0.6) is 0 Å². The van der Waals surface area contributed by atoms with Gasteiger partial charge in [0.15, 0.2) is 5.72 Å². The number of carbonyl (C=O) groups excluding carboxylic acids is 1. The Morgan fingerprint density at radius 1 is 1.50 bits per heavy atom. The van der Waals surface area contributed by atoms with E-state index >= 15 is 0 Å². The fraction of sp³-hybridized carbons (Fsp3) is 0.800. The molecule has 1 aliphatic heterocycles. The molecule has 5 nitrogen and oxygen atoms in total. The van der Waals surface area contributed by atoms with Gasteiger partial charge in [-0.3, -0.25) is 4.79 Å². The molecule has 0 aromatic heterocycles. The molecule has 20 heavy (non-hydrogen) atoms. The fourth-order valence-electron chi connectivity index (χ4n) is 2.05. The van der Waals surface area contributed by atoms with Crippen LogP contribution in [0.3, 0.4) is 0 Å². The van der Waals surface area contributed by atoms with Crippen molar-refractivity contribution in [2.24, 2.45) is 5.92 Å². The summed E-state index contributed by atoms with van der Waals surface area (Å²) in [6, 6.07) is 0. The first kappa shape index (κ1) is 16.8. The molecule has 1 aliphatic rings. The number of nitrogens with one attached hydrogen (secondary N) is 1. The Bertz CT molecular complexity index is 369. The third-order valence-electron chi connectivity index (χ3n) is 2.90. The van der Waals surface area contributed by atoms with E-state index in [-0.39, 0.29) is 24.2 Å². The van der Waals surface area contributed by atoms with Gasteiger partial charge in [-0.1, -0.05) is 0 Å². The molecule has 0 bridgehead atoms. The molecular weight excluding hydrogens is 258 g/mol. The Kier molecular flexibility index (Phi) is 5.45. The maximum atomic E-state index is 11.7. The van der Waals surface area contributed by atoms with Gasteiger partial charge in [-0.2, -0.15) is 0 Å². The summed E-state index contributed by atoms with van der Waals surface area (Å²) in [6.07, 6.45) is 3.28. The minimum Gasteiger partial charge on any atom is -0.475 e. The van der Waals surface area contributed by atoms with Crippen LogP contribution in [0, 0.1) is 5.92 Å². The van der Waals surface area contributed by atoms with Crippen LogP contribution >= 0.6 is 0 Å². The molecule has 0 saturated carbocycles. The molecule has 1 heterocycles. The number of aliphatic hydroxyl groups excluding tert-OH is 1. The number of allylic oxidation sites excluding steroid dienone is 1. The fourth-order valence-corrected chi connectivity index (χ4v) is 2.05. The van der Waals surface area contributed by atoms with Crippen LogP contribution in [0.2, 0.25) is 0 Å². The molecule has 1 rings (SSSR count). The summed E-state index contributed by atoms with van der Waals surface area (Å²) in [5.74, 6) is -0.195. The normalized spacial score (nSPS) is 18.8. The minimum absolute atomic E-state index is 0.0266. The van der Waals surface area contributed by atoms with Gasteiger partial charge in [0.1, 0.15) is 11.9 Å². The lowest BCUT2D eigenvalue weighted by Crippen LogP contribution is -2.35. The first-order valence-corrected chi connectivity index (χ1v) is 7.09. The summed E-state index contributed by atoms with van der Waals surface area (Å²) in [5, 5.41) is 12.6. The highest BCUT2D eigenvalue weighted by Gasteiger charge is 2.26. The largest absolute Gasteiger partial charge is 0.475 e. The second-order valence-electron chi connectivity index (χ2n) is 6.77. The second kappa shape index (κ2) is 6.48. The predicted molar refractivity (Wildman–Crippen MR) is 76.7 cm³/mol. The Labute approximate surface area is 121 Å². The van der Waals surface area contributed by atoms with Crippen molar-refractivity contribution < 1.29 is 19.4 Å². The topological polar surface area (TPSA) is 67.8 Å². The van der Waals surface area contributed by atoms with E-state index in [0.29, 0.717) is 19.3 Å². The number of carbonyl (C=O) groups is 1. The molecule has 116 valence electrons. The zero-order valence-corrected chi connectivity index (χ0v) is 13.2. The van der Waals surface area contributed by atoms with E-state index in [1.807, 2.05) is 34.6 Å². The van der Waals surface area contributed by atoms with Crippen molar-refractivity contribution in [2.75, 3.05) is 6.61 Å². The van der Waals surface area contributed by atoms with Gasteiger partial charge in [0.2, 0.25) is 0 Å². The smallest absolute Gasteiger partial charge is 0.306 e. The van der Waals surface area contributed by atoms with E-state index in [4.69, 9.17) is 9.47 Å². The molecule has 0 aromatic rings. The summed E-state index contributed by atoms with van der Waals surface area (Å²) < 4.78 is 10.7. The van der Waals surface area contributed by atoms with E-state index in [2.05, 4.69) is 5.32 Å². The van der Waals surface area contributed by atoms with Gasteiger partial charge in [0, 0.05) is 18.7 Å². The number of aliphatic hydroxyl groups is 1. The van der Waals surface area contributed by atoms with Crippen molar-refractivity contribution in [3.05, 3.63) is 12.0 Å². The van der Waals surface area contributed by atoms with Crippen molar-refractivity contribution in [1.82, 2.24) is 5.32 Å². The summed E-state index contributed by atoms with van der Waals surface area (Å²) >= 11 is 0. The average Bonchev–Trinajstić information content (AvgIpc) is 2.61. The quantitative estimate of drug-likeness (QED) is 0.733. The number of hydrogen-bond donors (Lipinski definition) is 2. The lowest BCUT2D eigenvalue weighted by Gasteiger charge is -2.22. The van der Waals surface area contributed by atoms with Crippen molar-refractivity contribution in [1.29, 1.82) is 0 Å².